The Morgan fingerprint density at radius 3 is 2.57 bits per heavy atom. The van der Waals surface area contributed by atoms with Crippen LogP contribution in [0, 0.1) is 0 Å². The molecule has 0 heterocycles. The summed E-state index contributed by atoms with van der Waals surface area (Å²) in [7, 11) is 1.53. The number of fused-ring (bicyclic) bond motifs is 1. The molecule has 3 heteroatoms. The van der Waals surface area contributed by atoms with E-state index in [1.165, 1.54) is 12.7 Å². The predicted molar refractivity (Wildman–Crippen MR) is 79.8 cm³/mol. The summed E-state index contributed by atoms with van der Waals surface area (Å²) in [4.78, 5) is 12.4. The molecule has 0 N–H and O–H groups in total. The van der Waals surface area contributed by atoms with Crippen molar-refractivity contribution in [1.82, 2.24) is 0 Å². The van der Waals surface area contributed by atoms with Crippen molar-refractivity contribution in [2.75, 3.05) is 7.11 Å². The summed E-state index contributed by atoms with van der Waals surface area (Å²) in [6, 6.07) is 17.6. The maximum absolute atomic E-state index is 12.4. The largest absolute Gasteiger partial charge is 0.455 e. The van der Waals surface area contributed by atoms with Gasteiger partial charge < -0.3 is 9.47 Å². The molecule has 3 nitrogen and oxygen atoms in total. The van der Waals surface area contributed by atoms with E-state index in [1.54, 1.807) is 0 Å². The van der Waals surface area contributed by atoms with Crippen molar-refractivity contribution >= 4 is 5.97 Å². The number of rotatable bonds is 4. The molecule has 0 radical (unpaired) electrons. The van der Waals surface area contributed by atoms with Crippen LogP contribution in [-0.2, 0) is 20.7 Å². The standard InChI is InChI=1S/C18H18O3/c1-20-17(14-8-3-2-4-9-14)18(19)21-16-12-11-13-7-5-6-10-15(13)16/h2-10,16-17H,11-12H2,1H3/t16-,17?/m0/s1. The fraction of sp³-hybridized carbons (Fsp3) is 0.278. The van der Waals surface area contributed by atoms with Gasteiger partial charge in [0, 0.05) is 7.11 Å². The minimum absolute atomic E-state index is 0.157. The van der Waals surface area contributed by atoms with E-state index in [4.69, 9.17) is 9.47 Å². The van der Waals surface area contributed by atoms with Gasteiger partial charge in [-0.3, -0.25) is 0 Å². The van der Waals surface area contributed by atoms with Crippen LogP contribution >= 0.6 is 0 Å². The Kier molecular flexibility index (Phi) is 4.02. The Morgan fingerprint density at radius 2 is 1.81 bits per heavy atom. The summed E-state index contributed by atoms with van der Waals surface area (Å²) >= 11 is 0. The lowest BCUT2D eigenvalue weighted by Gasteiger charge is -2.19. The quantitative estimate of drug-likeness (QED) is 0.804. The van der Waals surface area contributed by atoms with Crippen LogP contribution in [0.4, 0.5) is 0 Å². The molecule has 1 aliphatic carbocycles. The van der Waals surface area contributed by atoms with E-state index in [0.29, 0.717) is 0 Å². The van der Waals surface area contributed by atoms with E-state index in [9.17, 15) is 4.79 Å². The van der Waals surface area contributed by atoms with Crippen molar-refractivity contribution in [2.45, 2.75) is 25.0 Å². The molecule has 0 aliphatic heterocycles. The molecule has 1 aliphatic rings. The first-order valence-electron chi connectivity index (χ1n) is 7.15. The monoisotopic (exact) mass is 282 g/mol. The summed E-state index contributed by atoms with van der Waals surface area (Å²) in [5.74, 6) is -0.328. The number of carbonyl (C=O) groups excluding carboxylic acids is 1. The molecule has 2 atom stereocenters. The van der Waals surface area contributed by atoms with Crippen molar-refractivity contribution in [3.63, 3.8) is 0 Å². The zero-order chi connectivity index (χ0) is 14.7. The first-order chi connectivity index (χ1) is 10.3. The van der Waals surface area contributed by atoms with E-state index >= 15 is 0 Å². The van der Waals surface area contributed by atoms with Gasteiger partial charge in [-0.2, -0.15) is 0 Å². The Morgan fingerprint density at radius 1 is 1.10 bits per heavy atom. The average molecular weight is 282 g/mol. The van der Waals surface area contributed by atoms with E-state index < -0.39 is 6.10 Å². The van der Waals surface area contributed by atoms with E-state index in [0.717, 1.165) is 24.0 Å². The normalized spacial score (nSPS) is 18.0. The van der Waals surface area contributed by atoms with Crippen LogP contribution in [0.5, 0.6) is 0 Å². The SMILES string of the molecule is COC(C(=O)O[C@H]1CCc2ccccc21)c1ccccc1. The second-order valence-electron chi connectivity index (χ2n) is 5.19. The Labute approximate surface area is 124 Å². The molecular weight excluding hydrogens is 264 g/mol. The summed E-state index contributed by atoms with van der Waals surface area (Å²) in [6.07, 6.45) is 0.974. The van der Waals surface area contributed by atoms with Crippen LogP contribution in [0.2, 0.25) is 0 Å². The summed E-state index contributed by atoms with van der Waals surface area (Å²) in [6.45, 7) is 0. The highest BCUT2D eigenvalue weighted by Gasteiger charge is 2.29. The molecule has 0 saturated carbocycles. The van der Waals surface area contributed by atoms with Crippen molar-refractivity contribution in [2.24, 2.45) is 0 Å². The van der Waals surface area contributed by atoms with Gasteiger partial charge in [0.1, 0.15) is 6.10 Å². The van der Waals surface area contributed by atoms with Crippen molar-refractivity contribution in [3.8, 4) is 0 Å². The molecule has 21 heavy (non-hydrogen) atoms. The van der Waals surface area contributed by atoms with E-state index in [-0.39, 0.29) is 12.1 Å². The van der Waals surface area contributed by atoms with Crippen molar-refractivity contribution in [3.05, 3.63) is 71.3 Å². The molecule has 2 aromatic rings. The lowest BCUT2D eigenvalue weighted by atomic mass is 10.1. The van der Waals surface area contributed by atoms with Crippen LogP contribution in [0.1, 0.15) is 35.3 Å². The van der Waals surface area contributed by atoms with E-state index in [1.807, 2.05) is 48.5 Å². The van der Waals surface area contributed by atoms with Gasteiger partial charge in [-0.1, -0.05) is 54.6 Å². The average Bonchev–Trinajstić information content (AvgIpc) is 2.92. The molecule has 0 amide bonds. The second-order valence-corrected chi connectivity index (χ2v) is 5.19. The van der Waals surface area contributed by atoms with Crippen LogP contribution in [0.15, 0.2) is 54.6 Å². The van der Waals surface area contributed by atoms with Crippen LogP contribution in [0.25, 0.3) is 0 Å². The highest BCUT2D eigenvalue weighted by atomic mass is 16.6. The number of ether oxygens (including phenoxy) is 2. The number of methoxy groups -OCH3 is 1. The number of esters is 1. The highest BCUT2D eigenvalue weighted by molar-refractivity contribution is 5.77. The lowest BCUT2D eigenvalue weighted by molar-refractivity contribution is -0.161. The number of hydrogen-bond donors (Lipinski definition) is 0. The molecule has 3 rings (SSSR count). The van der Waals surface area contributed by atoms with Crippen LogP contribution in [-0.4, -0.2) is 13.1 Å². The summed E-state index contributed by atoms with van der Waals surface area (Å²) in [5.41, 5.74) is 3.20. The van der Waals surface area contributed by atoms with Gasteiger partial charge >= 0.3 is 5.97 Å². The molecule has 0 fully saturated rings. The molecule has 0 saturated heterocycles. The molecule has 0 bridgehead atoms. The Bertz CT molecular complexity index is 621. The first-order valence-corrected chi connectivity index (χ1v) is 7.15. The second kappa shape index (κ2) is 6.10. The zero-order valence-corrected chi connectivity index (χ0v) is 12.0. The maximum atomic E-state index is 12.4. The molecule has 2 aromatic carbocycles. The number of carbonyl (C=O) groups is 1. The summed E-state index contributed by atoms with van der Waals surface area (Å²) in [5, 5.41) is 0. The fourth-order valence-electron chi connectivity index (χ4n) is 2.84. The van der Waals surface area contributed by atoms with Gasteiger partial charge in [-0.05, 0) is 29.5 Å². The minimum Gasteiger partial charge on any atom is -0.455 e. The molecular formula is C18H18O3. The van der Waals surface area contributed by atoms with Gasteiger partial charge in [-0.25, -0.2) is 4.79 Å². The van der Waals surface area contributed by atoms with Crippen LogP contribution < -0.4 is 0 Å². The number of benzene rings is 2. The number of aryl methyl sites for hydroxylation is 1. The summed E-state index contributed by atoms with van der Waals surface area (Å²) < 4.78 is 11.0. The number of hydrogen-bond acceptors (Lipinski definition) is 3. The van der Waals surface area contributed by atoms with Gasteiger partial charge in [0.15, 0.2) is 6.10 Å². The van der Waals surface area contributed by atoms with Gasteiger partial charge in [0.25, 0.3) is 0 Å². The van der Waals surface area contributed by atoms with Gasteiger partial charge in [0.05, 0.1) is 0 Å². The van der Waals surface area contributed by atoms with Crippen molar-refractivity contribution in [1.29, 1.82) is 0 Å². The zero-order valence-electron chi connectivity index (χ0n) is 12.0. The smallest absolute Gasteiger partial charge is 0.340 e. The third-order valence-electron chi connectivity index (χ3n) is 3.89. The molecule has 0 aromatic heterocycles. The topological polar surface area (TPSA) is 35.5 Å². The highest BCUT2D eigenvalue weighted by Crippen LogP contribution is 2.35. The lowest BCUT2D eigenvalue weighted by Crippen LogP contribution is -2.19. The minimum atomic E-state index is -0.668. The third kappa shape index (κ3) is 2.83. The molecule has 108 valence electrons. The molecule has 0 spiro atoms. The van der Waals surface area contributed by atoms with Crippen molar-refractivity contribution < 1.29 is 14.3 Å². The first kappa shape index (κ1) is 13.8. The Hall–Kier alpha value is -2.13. The Balaban J connectivity index is 1.75. The third-order valence-corrected chi connectivity index (χ3v) is 3.89. The van der Waals surface area contributed by atoms with Gasteiger partial charge in [-0.15, -0.1) is 0 Å². The van der Waals surface area contributed by atoms with Crippen LogP contribution in [0.3, 0.4) is 0 Å². The maximum Gasteiger partial charge on any atom is 0.340 e. The predicted octanol–water partition coefficient (Wildman–Crippen LogP) is 3.60. The van der Waals surface area contributed by atoms with E-state index in [2.05, 4.69) is 6.07 Å². The fourth-order valence-corrected chi connectivity index (χ4v) is 2.84. The van der Waals surface area contributed by atoms with Gasteiger partial charge in [0.2, 0.25) is 0 Å². The molecule has 1 unspecified atom stereocenters.